The van der Waals surface area contributed by atoms with Crippen LogP contribution < -0.4 is 10.2 Å². The fourth-order valence-corrected chi connectivity index (χ4v) is 6.78. The summed E-state index contributed by atoms with van der Waals surface area (Å²) in [6.07, 6.45) is 5.77. The van der Waals surface area contributed by atoms with Gasteiger partial charge in [0.15, 0.2) is 0 Å². The van der Waals surface area contributed by atoms with Crippen LogP contribution in [0.4, 0.5) is 10.5 Å². The van der Waals surface area contributed by atoms with E-state index < -0.39 is 6.09 Å². The summed E-state index contributed by atoms with van der Waals surface area (Å²) in [5, 5.41) is 13.4. The van der Waals surface area contributed by atoms with Crippen molar-refractivity contribution in [1.29, 1.82) is 0 Å². The van der Waals surface area contributed by atoms with Crippen molar-refractivity contribution >= 4 is 22.8 Å². The molecule has 2 fully saturated rings. The van der Waals surface area contributed by atoms with Gasteiger partial charge in [-0.15, -0.1) is 0 Å². The lowest BCUT2D eigenvalue weighted by atomic mass is 9.60. The standard InChI is InChI=1S/C28H34N4O2/c1-18-8-9-22-23(31(18)27(33)34)10-11-24-25(22)30-26(19(2)20-6-4-3-5-7-20)32(24)21-16-28(17-21)12-14-29-15-13-28/h3-7,10-11,18-19,21,29H,8-9,12-17H2,1-2H3,(H,33,34). The maximum absolute atomic E-state index is 12.1. The summed E-state index contributed by atoms with van der Waals surface area (Å²) in [5.74, 6) is 1.29. The van der Waals surface area contributed by atoms with Crippen LogP contribution in [0.15, 0.2) is 42.5 Å². The zero-order chi connectivity index (χ0) is 23.4. The zero-order valence-electron chi connectivity index (χ0n) is 20.1. The van der Waals surface area contributed by atoms with Crippen molar-refractivity contribution in [2.75, 3.05) is 18.0 Å². The predicted octanol–water partition coefficient (Wildman–Crippen LogP) is 5.71. The minimum atomic E-state index is -0.878. The maximum atomic E-state index is 12.1. The molecular weight excluding hydrogens is 424 g/mol. The van der Waals surface area contributed by atoms with Crippen LogP contribution in [0.1, 0.15) is 74.9 Å². The Hall–Kier alpha value is -2.86. The van der Waals surface area contributed by atoms with E-state index in [1.54, 1.807) is 0 Å². The number of aryl methyl sites for hydroxylation is 1. The summed E-state index contributed by atoms with van der Waals surface area (Å²) >= 11 is 0. The number of nitrogens with zero attached hydrogens (tertiary/aromatic N) is 3. The molecule has 178 valence electrons. The number of carbonyl (C=O) groups is 1. The summed E-state index contributed by atoms with van der Waals surface area (Å²) in [6, 6.07) is 15.2. The molecule has 1 aromatic heterocycles. The van der Waals surface area contributed by atoms with Gasteiger partial charge >= 0.3 is 6.09 Å². The van der Waals surface area contributed by atoms with Gasteiger partial charge in [-0.2, -0.15) is 0 Å². The molecule has 1 amide bonds. The molecule has 1 saturated heterocycles. The smallest absolute Gasteiger partial charge is 0.412 e. The predicted molar refractivity (Wildman–Crippen MR) is 135 cm³/mol. The molecule has 3 aliphatic rings. The van der Waals surface area contributed by atoms with Gasteiger partial charge in [-0.1, -0.05) is 37.3 Å². The minimum Gasteiger partial charge on any atom is -0.465 e. The normalized spacial score (nSPS) is 23.0. The van der Waals surface area contributed by atoms with Crippen LogP contribution >= 0.6 is 0 Å². The molecule has 2 aliphatic heterocycles. The average Bonchev–Trinajstić information content (AvgIpc) is 3.22. The number of nitrogens with one attached hydrogen (secondary N) is 1. The Labute approximate surface area is 201 Å². The number of rotatable bonds is 3. The van der Waals surface area contributed by atoms with Crippen LogP contribution in [-0.2, 0) is 6.42 Å². The Kier molecular flexibility index (Phi) is 5.17. The highest BCUT2D eigenvalue weighted by molar-refractivity contribution is 5.94. The van der Waals surface area contributed by atoms with E-state index in [0.29, 0.717) is 11.5 Å². The van der Waals surface area contributed by atoms with Gasteiger partial charge in [-0.05, 0) is 81.6 Å². The number of anilines is 1. The molecule has 2 unspecified atom stereocenters. The quantitative estimate of drug-likeness (QED) is 0.527. The molecule has 6 nitrogen and oxygen atoms in total. The highest BCUT2D eigenvalue weighted by atomic mass is 16.4. The summed E-state index contributed by atoms with van der Waals surface area (Å²) in [6.45, 7) is 6.50. The molecule has 3 aromatic rings. The van der Waals surface area contributed by atoms with E-state index >= 15 is 0 Å². The first kappa shape index (κ1) is 21.7. The van der Waals surface area contributed by atoms with E-state index in [4.69, 9.17) is 4.98 Å². The van der Waals surface area contributed by atoms with Gasteiger partial charge in [0.25, 0.3) is 0 Å². The number of hydrogen-bond acceptors (Lipinski definition) is 3. The van der Waals surface area contributed by atoms with E-state index in [9.17, 15) is 9.90 Å². The van der Waals surface area contributed by atoms with E-state index in [-0.39, 0.29) is 12.0 Å². The monoisotopic (exact) mass is 458 g/mol. The second kappa shape index (κ2) is 8.12. The third-order valence-corrected chi connectivity index (χ3v) is 8.74. The van der Waals surface area contributed by atoms with Crippen LogP contribution in [-0.4, -0.2) is 39.9 Å². The molecule has 6 heteroatoms. The SMILES string of the molecule is CC(c1ccccc1)c1nc2c3c(ccc2n1C1CC2(CCNCC2)C1)N(C(=O)O)C(C)CC3. The summed E-state index contributed by atoms with van der Waals surface area (Å²) in [7, 11) is 0. The third kappa shape index (κ3) is 3.34. The first-order valence-corrected chi connectivity index (χ1v) is 12.8. The first-order chi connectivity index (χ1) is 16.5. The van der Waals surface area contributed by atoms with Crippen molar-refractivity contribution in [2.24, 2.45) is 5.41 Å². The van der Waals surface area contributed by atoms with E-state index in [0.717, 1.165) is 48.5 Å². The molecule has 1 spiro atoms. The maximum Gasteiger partial charge on any atom is 0.412 e. The lowest BCUT2D eigenvalue weighted by Gasteiger charge is -2.51. The number of carboxylic acid groups (broad SMARTS) is 1. The molecule has 0 bridgehead atoms. The Morgan fingerprint density at radius 2 is 1.88 bits per heavy atom. The highest BCUT2D eigenvalue weighted by Crippen LogP contribution is 2.55. The molecule has 3 heterocycles. The van der Waals surface area contributed by atoms with Crippen LogP contribution in [0.3, 0.4) is 0 Å². The third-order valence-electron chi connectivity index (χ3n) is 8.74. The molecule has 2 atom stereocenters. The molecule has 0 radical (unpaired) electrons. The van der Waals surface area contributed by atoms with E-state index in [1.807, 2.05) is 13.0 Å². The Morgan fingerprint density at radius 1 is 1.15 bits per heavy atom. The Balaban J connectivity index is 1.48. The molecule has 1 saturated carbocycles. The lowest BCUT2D eigenvalue weighted by Crippen LogP contribution is -2.46. The number of fused-ring (bicyclic) bond motifs is 3. The molecule has 2 aromatic carbocycles. The van der Waals surface area contributed by atoms with Crippen molar-refractivity contribution < 1.29 is 9.90 Å². The van der Waals surface area contributed by atoms with E-state index in [2.05, 4.69) is 53.2 Å². The lowest BCUT2D eigenvalue weighted by molar-refractivity contribution is 0.0292. The van der Waals surface area contributed by atoms with Crippen LogP contribution in [0.25, 0.3) is 11.0 Å². The van der Waals surface area contributed by atoms with Gasteiger partial charge in [0, 0.05) is 23.6 Å². The molecule has 34 heavy (non-hydrogen) atoms. The number of hydrogen-bond donors (Lipinski definition) is 2. The van der Waals surface area contributed by atoms with Gasteiger partial charge in [0.2, 0.25) is 0 Å². The molecule has 2 N–H and O–H groups in total. The van der Waals surface area contributed by atoms with Gasteiger partial charge in [-0.3, -0.25) is 4.90 Å². The highest BCUT2D eigenvalue weighted by Gasteiger charge is 2.46. The average molecular weight is 459 g/mol. The van der Waals surface area contributed by atoms with Gasteiger partial charge < -0.3 is 15.0 Å². The Bertz CT molecular complexity index is 1220. The second-order valence-electron chi connectivity index (χ2n) is 10.8. The van der Waals surface area contributed by atoms with Crippen LogP contribution in [0, 0.1) is 5.41 Å². The number of aromatic nitrogens is 2. The van der Waals surface area contributed by atoms with Crippen molar-refractivity contribution in [2.45, 2.75) is 70.4 Å². The molecule has 6 rings (SSSR count). The fourth-order valence-electron chi connectivity index (χ4n) is 6.78. The number of imidazole rings is 1. The largest absolute Gasteiger partial charge is 0.465 e. The number of benzene rings is 2. The van der Waals surface area contributed by atoms with Gasteiger partial charge in [-0.25, -0.2) is 9.78 Å². The van der Waals surface area contributed by atoms with Crippen LogP contribution in [0.2, 0.25) is 0 Å². The number of piperidine rings is 1. The van der Waals surface area contributed by atoms with E-state index in [1.165, 1.54) is 41.7 Å². The van der Waals surface area contributed by atoms with Gasteiger partial charge in [0.1, 0.15) is 5.82 Å². The van der Waals surface area contributed by atoms with Crippen molar-refractivity contribution in [3.63, 3.8) is 0 Å². The Morgan fingerprint density at radius 3 is 2.59 bits per heavy atom. The number of amides is 1. The first-order valence-electron chi connectivity index (χ1n) is 12.8. The second-order valence-corrected chi connectivity index (χ2v) is 10.8. The van der Waals surface area contributed by atoms with Crippen molar-refractivity contribution in [1.82, 2.24) is 14.9 Å². The van der Waals surface area contributed by atoms with Crippen molar-refractivity contribution in [3.8, 4) is 0 Å². The zero-order valence-corrected chi connectivity index (χ0v) is 20.1. The van der Waals surface area contributed by atoms with Crippen molar-refractivity contribution in [3.05, 3.63) is 59.4 Å². The van der Waals surface area contributed by atoms with Crippen LogP contribution in [0.5, 0.6) is 0 Å². The summed E-state index contributed by atoms with van der Waals surface area (Å²) in [4.78, 5) is 18.9. The fraction of sp³-hybridized carbons (Fsp3) is 0.500. The molecule has 1 aliphatic carbocycles. The molecular formula is C28H34N4O2. The topological polar surface area (TPSA) is 70.4 Å². The minimum absolute atomic E-state index is 0.0151. The summed E-state index contributed by atoms with van der Waals surface area (Å²) < 4.78 is 2.52. The van der Waals surface area contributed by atoms with Gasteiger partial charge in [0.05, 0.1) is 16.7 Å². The summed E-state index contributed by atoms with van der Waals surface area (Å²) in [5.41, 5.74) is 5.82.